The largest absolute Gasteiger partial charge is 0.496 e. The molecule has 0 saturated carbocycles. The Balaban J connectivity index is 2.73. The molecule has 1 aromatic carbocycles. The summed E-state index contributed by atoms with van der Waals surface area (Å²) in [6.45, 7) is 6.12. The van der Waals surface area contributed by atoms with Gasteiger partial charge in [-0.15, -0.1) is 0 Å². The number of aryl methyl sites for hydroxylation is 1. The third-order valence-corrected chi connectivity index (χ3v) is 3.75. The first kappa shape index (κ1) is 22.1. The van der Waals surface area contributed by atoms with E-state index in [1.807, 2.05) is 39.0 Å². The highest BCUT2D eigenvalue weighted by molar-refractivity contribution is 5.80. The van der Waals surface area contributed by atoms with Gasteiger partial charge in [-0.2, -0.15) is 13.2 Å². The molecule has 0 heterocycles. The van der Waals surface area contributed by atoms with Crippen molar-refractivity contribution in [1.29, 1.82) is 0 Å². The molecule has 0 aromatic heterocycles. The number of nitrogens with one attached hydrogen (secondary N) is 2. The second-order valence-electron chi connectivity index (χ2n) is 6.23. The van der Waals surface area contributed by atoms with E-state index in [1.165, 1.54) is 11.9 Å². The molecule has 1 unspecified atom stereocenters. The van der Waals surface area contributed by atoms with E-state index in [2.05, 4.69) is 15.6 Å². The lowest BCUT2D eigenvalue weighted by Crippen LogP contribution is -2.39. The van der Waals surface area contributed by atoms with E-state index in [0.717, 1.165) is 16.9 Å². The first-order chi connectivity index (χ1) is 12.2. The molecule has 0 radical (unpaired) electrons. The van der Waals surface area contributed by atoms with Crippen LogP contribution in [0, 0.1) is 6.92 Å². The van der Waals surface area contributed by atoms with Crippen LogP contribution < -0.4 is 15.4 Å². The van der Waals surface area contributed by atoms with Gasteiger partial charge in [0.25, 0.3) is 0 Å². The van der Waals surface area contributed by atoms with Gasteiger partial charge in [-0.3, -0.25) is 9.89 Å². The fourth-order valence-electron chi connectivity index (χ4n) is 2.51. The average molecular weight is 374 g/mol. The molecule has 0 aliphatic rings. The average Bonchev–Trinajstić information content (AvgIpc) is 2.53. The maximum absolute atomic E-state index is 12.4. The van der Waals surface area contributed by atoms with Gasteiger partial charge in [0.1, 0.15) is 5.75 Å². The summed E-state index contributed by atoms with van der Waals surface area (Å²) >= 11 is 0. The second-order valence-corrected chi connectivity index (χ2v) is 6.23. The van der Waals surface area contributed by atoms with Crippen molar-refractivity contribution in [2.75, 3.05) is 40.3 Å². The van der Waals surface area contributed by atoms with Gasteiger partial charge in [-0.25, -0.2) is 0 Å². The monoisotopic (exact) mass is 374 g/mol. The Bertz CT molecular complexity index is 590. The molecule has 148 valence electrons. The van der Waals surface area contributed by atoms with Crippen LogP contribution in [0.15, 0.2) is 23.2 Å². The lowest BCUT2D eigenvalue weighted by atomic mass is 10.0. The van der Waals surface area contributed by atoms with E-state index >= 15 is 0 Å². The zero-order chi connectivity index (χ0) is 19.7. The normalized spacial score (nSPS) is 13.7. The summed E-state index contributed by atoms with van der Waals surface area (Å²) in [5, 5.41) is 6.39. The number of benzene rings is 1. The zero-order valence-electron chi connectivity index (χ0n) is 16.1. The van der Waals surface area contributed by atoms with Crippen molar-refractivity contribution in [3.05, 3.63) is 29.3 Å². The van der Waals surface area contributed by atoms with E-state index < -0.39 is 12.7 Å². The zero-order valence-corrected chi connectivity index (χ0v) is 16.1. The molecule has 5 nitrogen and oxygen atoms in total. The number of ether oxygens (including phenoxy) is 1. The minimum absolute atomic E-state index is 0.0736. The maximum Gasteiger partial charge on any atom is 0.401 e. The van der Waals surface area contributed by atoms with Gasteiger partial charge in [0.15, 0.2) is 5.96 Å². The Labute approximate surface area is 153 Å². The molecule has 0 bridgehead atoms. The van der Waals surface area contributed by atoms with E-state index in [4.69, 9.17) is 4.74 Å². The van der Waals surface area contributed by atoms with Crippen molar-refractivity contribution in [2.45, 2.75) is 33.0 Å². The van der Waals surface area contributed by atoms with E-state index in [-0.39, 0.29) is 19.1 Å². The van der Waals surface area contributed by atoms with Gasteiger partial charge in [0.05, 0.1) is 26.2 Å². The second kappa shape index (κ2) is 10.3. The predicted octanol–water partition coefficient (Wildman–Crippen LogP) is 3.11. The minimum Gasteiger partial charge on any atom is -0.496 e. The Morgan fingerprint density at radius 2 is 2.04 bits per heavy atom. The number of likely N-dealkylation sites (N-methyl/N-ethyl adjacent to an activating group) is 1. The first-order valence-electron chi connectivity index (χ1n) is 8.61. The van der Waals surface area contributed by atoms with Crippen LogP contribution in [-0.2, 0) is 0 Å². The molecule has 8 heteroatoms. The summed E-state index contributed by atoms with van der Waals surface area (Å²) in [6, 6.07) is 5.86. The first-order valence-corrected chi connectivity index (χ1v) is 8.61. The highest BCUT2D eigenvalue weighted by Gasteiger charge is 2.28. The molecular weight excluding hydrogens is 345 g/mol. The number of guanidine groups is 1. The fourth-order valence-corrected chi connectivity index (χ4v) is 2.51. The summed E-state index contributed by atoms with van der Waals surface area (Å²) in [4.78, 5) is 5.58. The topological polar surface area (TPSA) is 48.9 Å². The minimum atomic E-state index is -4.20. The fraction of sp³-hybridized carbons (Fsp3) is 0.611. The van der Waals surface area contributed by atoms with Crippen LogP contribution in [0.5, 0.6) is 5.75 Å². The van der Waals surface area contributed by atoms with E-state index in [1.54, 1.807) is 7.11 Å². The number of aliphatic imine (C=N–C) groups is 1. The third kappa shape index (κ3) is 7.95. The Morgan fingerprint density at radius 3 is 2.62 bits per heavy atom. The predicted molar refractivity (Wildman–Crippen MR) is 98.8 cm³/mol. The van der Waals surface area contributed by atoms with E-state index in [9.17, 15) is 13.2 Å². The van der Waals surface area contributed by atoms with Gasteiger partial charge in [0.2, 0.25) is 0 Å². The van der Waals surface area contributed by atoms with Crippen LogP contribution in [0.25, 0.3) is 0 Å². The maximum atomic E-state index is 12.4. The van der Waals surface area contributed by atoms with Crippen LogP contribution in [-0.4, -0.2) is 57.4 Å². The van der Waals surface area contributed by atoms with Crippen LogP contribution in [0.1, 0.15) is 31.0 Å². The molecule has 0 aliphatic carbocycles. The molecular formula is C18H29F3N4O. The number of nitrogens with zero attached hydrogens (tertiary/aromatic N) is 2. The molecule has 0 spiro atoms. The van der Waals surface area contributed by atoms with Crippen molar-refractivity contribution >= 4 is 5.96 Å². The van der Waals surface area contributed by atoms with Gasteiger partial charge >= 0.3 is 6.18 Å². The number of halogens is 3. The lowest BCUT2D eigenvalue weighted by Gasteiger charge is -2.21. The van der Waals surface area contributed by atoms with Crippen molar-refractivity contribution in [1.82, 2.24) is 15.5 Å². The quantitative estimate of drug-likeness (QED) is 0.542. The van der Waals surface area contributed by atoms with Gasteiger partial charge in [0, 0.05) is 18.7 Å². The lowest BCUT2D eigenvalue weighted by molar-refractivity contribution is -0.142. The SMILES string of the molecule is CCNC(=NCCN(C)CC(F)(F)F)NC(C)c1cc(C)ccc1OC. The Morgan fingerprint density at radius 1 is 1.35 bits per heavy atom. The molecule has 0 saturated heterocycles. The molecule has 0 amide bonds. The molecule has 26 heavy (non-hydrogen) atoms. The van der Waals surface area contributed by atoms with Crippen LogP contribution in [0.2, 0.25) is 0 Å². The standard InChI is InChI=1S/C18H29F3N4O/c1-6-22-17(23-9-10-25(4)12-18(19,20)21)24-14(3)15-11-13(2)7-8-16(15)26-5/h7-8,11,14H,6,9-10,12H2,1-5H3,(H2,22,23,24). The van der Waals surface area contributed by atoms with E-state index in [0.29, 0.717) is 12.5 Å². The number of hydrogen-bond donors (Lipinski definition) is 2. The molecule has 0 aliphatic heterocycles. The number of alkyl halides is 3. The summed E-state index contributed by atoms with van der Waals surface area (Å²) in [5.41, 5.74) is 2.11. The molecule has 0 fully saturated rings. The summed E-state index contributed by atoms with van der Waals surface area (Å²) < 4.78 is 42.5. The van der Waals surface area contributed by atoms with Gasteiger partial charge in [-0.1, -0.05) is 17.7 Å². The summed E-state index contributed by atoms with van der Waals surface area (Å²) in [7, 11) is 3.06. The Kier molecular flexibility index (Phi) is 8.71. The third-order valence-electron chi connectivity index (χ3n) is 3.75. The van der Waals surface area contributed by atoms with Crippen molar-refractivity contribution in [3.8, 4) is 5.75 Å². The van der Waals surface area contributed by atoms with Gasteiger partial charge in [-0.05, 0) is 33.9 Å². The van der Waals surface area contributed by atoms with Crippen LogP contribution in [0.4, 0.5) is 13.2 Å². The van der Waals surface area contributed by atoms with Crippen molar-refractivity contribution in [3.63, 3.8) is 0 Å². The number of rotatable bonds is 8. The molecule has 2 N–H and O–H groups in total. The highest BCUT2D eigenvalue weighted by Crippen LogP contribution is 2.25. The summed E-state index contributed by atoms with van der Waals surface area (Å²) in [6.07, 6.45) is -4.20. The number of hydrogen-bond acceptors (Lipinski definition) is 3. The number of methoxy groups -OCH3 is 1. The molecule has 1 rings (SSSR count). The smallest absolute Gasteiger partial charge is 0.401 e. The van der Waals surface area contributed by atoms with Crippen molar-refractivity contribution < 1.29 is 17.9 Å². The highest BCUT2D eigenvalue weighted by atomic mass is 19.4. The van der Waals surface area contributed by atoms with Gasteiger partial charge < -0.3 is 15.4 Å². The van der Waals surface area contributed by atoms with Crippen molar-refractivity contribution in [2.24, 2.45) is 4.99 Å². The summed E-state index contributed by atoms with van der Waals surface area (Å²) in [5.74, 6) is 1.33. The molecule has 1 aromatic rings. The molecule has 1 atom stereocenters. The Hall–Kier alpha value is -1.96. The van der Waals surface area contributed by atoms with Crippen LogP contribution in [0.3, 0.4) is 0 Å². The van der Waals surface area contributed by atoms with Crippen LogP contribution >= 0.6 is 0 Å².